The number of hydrogen-bond acceptors (Lipinski definition) is 7. The van der Waals surface area contributed by atoms with Gasteiger partial charge in [-0.25, -0.2) is 9.97 Å². The molecular weight excluding hydrogens is 394 g/mol. The Morgan fingerprint density at radius 1 is 1.13 bits per heavy atom. The molecule has 0 bridgehead atoms. The summed E-state index contributed by atoms with van der Waals surface area (Å²) in [6.07, 6.45) is 3.12. The van der Waals surface area contributed by atoms with Gasteiger partial charge in [0.1, 0.15) is 17.5 Å². The lowest BCUT2D eigenvalue weighted by Gasteiger charge is -2.28. The molecule has 1 fully saturated rings. The van der Waals surface area contributed by atoms with E-state index in [0.29, 0.717) is 0 Å². The zero-order valence-electron chi connectivity index (χ0n) is 17.9. The van der Waals surface area contributed by atoms with Crippen LogP contribution in [0.1, 0.15) is 31.4 Å². The second kappa shape index (κ2) is 9.62. The Bertz CT molecular complexity index is 935. The predicted molar refractivity (Wildman–Crippen MR) is 125 cm³/mol. The van der Waals surface area contributed by atoms with E-state index in [4.69, 9.17) is 19.7 Å². The molecule has 1 aromatic heterocycles. The molecule has 0 radical (unpaired) electrons. The topological polar surface area (TPSA) is 62.6 Å². The second-order valence-electron chi connectivity index (χ2n) is 7.72. The summed E-state index contributed by atoms with van der Waals surface area (Å²) in [6.45, 7) is 9.54. The van der Waals surface area contributed by atoms with E-state index in [1.54, 1.807) is 11.8 Å². The fourth-order valence-corrected chi connectivity index (χ4v) is 4.37. The molecule has 7 heteroatoms. The van der Waals surface area contributed by atoms with Gasteiger partial charge in [-0.15, -0.1) is 0 Å². The van der Waals surface area contributed by atoms with E-state index < -0.39 is 0 Å². The van der Waals surface area contributed by atoms with Crippen molar-refractivity contribution in [3.63, 3.8) is 0 Å². The van der Waals surface area contributed by atoms with Crippen LogP contribution in [0.3, 0.4) is 0 Å². The lowest BCUT2D eigenvalue weighted by atomic mass is 10.1. The Morgan fingerprint density at radius 2 is 1.90 bits per heavy atom. The van der Waals surface area contributed by atoms with Crippen LogP contribution >= 0.6 is 11.8 Å². The van der Waals surface area contributed by atoms with Gasteiger partial charge in [-0.2, -0.15) is 0 Å². The summed E-state index contributed by atoms with van der Waals surface area (Å²) in [6, 6.07) is 10.9. The fourth-order valence-electron chi connectivity index (χ4n) is 3.56. The fraction of sp³-hybridized carbons (Fsp3) is 0.435. The molecule has 0 spiro atoms. The molecule has 6 nitrogen and oxygen atoms in total. The van der Waals surface area contributed by atoms with E-state index in [1.165, 1.54) is 16.7 Å². The number of nitrogens with zero attached hydrogens (tertiary/aromatic N) is 4. The molecule has 0 aliphatic carbocycles. The minimum absolute atomic E-state index is 0.267. The molecule has 30 heavy (non-hydrogen) atoms. The third-order valence-electron chi connectivity index (χ3n) is 5.34. The molecule has 0 amide bonds. The normalized spacial score (nSPS) is 18.9. The molecule has 1 N–H and O–H groups in total. The Hall–Kier alpha value is -2.38. The van der Waals surface area contributed by atoms with Crippen molar-refractivity contribution in [1.82, 2.24) is 9.97 Å². The summed E-state index contributed by atoms with van der Waals surface area (Å²) in [5.41, 5.74) is 3.83. The number of ether oxygens (including phenoxy) is 1. The van der Waals surface area contributed by atoms with Crippen LogP contribution in [0.25, 0.3) is 0 Å². The van der Waals surface area contributed by atoms with Crippen LogP contribution in [0.5, 0.6) is 0 Å². The van der Waals surface area contributed by atoms with Crippen molar-refractivity contribution in [2.24, 2.45) is 4.99 Å². The zero-order valence-corrected chi connectivity index (χ0v) is 18.7. The van der Waals surface area contributed by atoms with Crippen LogP contribution in [0.2, 0.25) is 0 Å². The first kappa shape index (κ1) is 20.9. The van der Waals surface area contributed by atoms with Gasteiger partial charge < -0.3 is 15.0 Å². The highest BCUT2D eigenvalue weighted by molar-refractivity contribution is 7.98. The van der Waals surface area contributed by atoms with Gasteiger partial charge in [-0.1, -0.05) is 48.5 Å². The molecule has 2 aliphatic rings. The molecule has 1 atom stereocenters. The number of nitrogens with one attached hydrogen (secondary N) is 1. The molecule has 0 saturated carbocycles. The lowest BCUT2D eigenvalue weighted by molar-refractivity contribution is 0.122. The number of aryl methyl sites for hydroxylation is 1. The summed E-state index contributed by atoms with van der Waals surface area (Å²) >= 11 is 1.66. The number of aromatic nitrogens is 2. The van der Waals surface area contributed by atoms with Crippen molar-refractivity contribution in [2.45, 2.75) is 44.1 Å². The van der Waals surface area contributed by atoms with Crippen LogP contribution in [-0.4, -0.2) is 48.1 Å². The average Bonchev–Trinajstić information content (AvgIpc) is 3.12. The number of hydrogen-bond donors (Lipinski definition) is 1. The lowest BCUT2D eigenvalue weighted by Crippen LogP contribution is -2.37. The van der Waals surface area contributed by atoms with Crippen molar-refractivity contribution in [3.8, 4) is 0 Å². The maximum absolute atomic E-state index is 5.51. The highest BCUT2D eigenvalue weighted by Gasteiger charge is 2.18. The number of benzene rings is 1. The molecule has 1 aromatic carbocycles. The van der Waals surface area contributed by atoms with Crippen molar-refractivity contribution >= 4 is 29.2 Å². The van der Waals surface area contributed by atoms with Crippen molar-refractivity contribution in [3.05, 3.63) is 53.1 Å². The van der Waals surface area contributed by atoms with E-state index >= 15 is 0 Å². The number of amidine groups is 1. The largest absolute Gasteiger partial charge is 0.378 e. The molecular formula is C23H29N5OS. The summed E-state index contributed by atoms with van der Waals surface area (Å²) in [4.78, 5) is 16.6. The number of morpholine rings is 1. The Kier molecular flexibility index (Phi) is 6.69. The average molecular weight is 424 g/mol. The number of anilines is 2. The maximum atomic E-state index is 5.51. The summed E-state index contributed by atoms with van der Waals surface area (Å²) in [5, 5.41) is 4.18. The van der Waals surface area contributed by atoms with Gasteiger partial charge in [-0.05, 0) is 37.5 Å². The highest BCUT2D eigenvalue weighted by atomic mass is 32.2. The zero-order chi connectivity index (χ0) is 20.9. The summed E-state index contributed by atoms with van der Waals surface area (Å²) in [5.74, 6) is 3.44. The Balaban J connectivity index is 1.55. The summed E-state index contributed by atoms with van der Waals surface area (Å²) in [7, 11) is 0. The molecule has 1 unspecified atom stereocenters. The first-order valence-electron chi connectivity index (χ1n) is 10.5. The van der Waals surface area contributed by atoms with Gasteiger partial charge in [-0.3, -0.25) is 4.99 Å². The quantitative estimate of drug-likeness (QED) is 0.547. The van der Waals surface area contributed by atoms with E-state index in [2.05, 4.69) is 61.3 Å². The first-order chi connectivity index (χ1) is 14.6. The molecule has 2 aliphatic heterocycles. The van der Waals surface area contributed by atoms with Gasteiger partial charge >= 0.3 is 0 Å². The van der Waals surface area contributed by atoms with E-state index in [1.807, 2.05) is 6.07 Å². The summed E-state index contributed by atoms with van der Waals surface area (Å²) < 4.78 is 5.51. The Morgan fingerprint density at radius 3 is 2.60 bits per heavy atom. The third-order valence-corrected chi connectivity index (χ3v) is 6.26. The SMILES string of the molecule is CCC1N=C(Nc2cc(N3CCOCC3)nc(SCc3ccc(C)cc3)n2)C=C1C. The molecule has 4 rings (SSSR count). The van der Waals surface area contributed by atoms with E-state index in [9.17, 15) is 0 Å². The maximum Gasteiger partial charge on any atom is 0.191 e. The monoisotopic (exact) mass is 423 g/mol. The van der Waals surface area contributed by atoms with E-state index in [0.717, 1.165) is 61.1 Å². The molecule has 158 valence electrons. The number of rotatable bonds is 6. The van der Waals surface area contributed by atoms with Crippen molar-refractivity contribution < 1.29 is 4.74 Å². The van der Waals surface area contributed by atoms with E-state index in [-0.39, 0.29) is 6.04 Å². The Labute approximate surface area is 182 Å². The molecule has 3 heterocycles. The second-order valence-corrected chi connectivity index (χ2v) is 8.66. The smallest absolute Gasteiger partial charge is 0.191 e. The van der Waals surface area contributed by atoms with Gasteiger partial charge in [0.25, 0.3) is 0 Å². The highest BCUT2D eigenvalue weighted by Crippen LogP contribution is 2.26. The van der Waals surface area contributed by atoms with Gasteiger partial charge in [0, 0.05) is 24.9 Å². The van der Waals surface area contributed by atoms with Crippen molar-refractivity contribution in [2.75, 3.05) is 36.5 Å². The standard InChI is InChI=1S/C23H29N5OS/c1-4-19-17(3)13-20(24-19)25-21-14-22(28-9-11-29-12-10-28)27-23(26-21)30-15-18-7-5-16(2)6-8-18/h5-8,13-14,19H,4,9-12,15H2,1-3H3,(H,24,25,26,27). The molecule has 1 saturated heterocycles. The van der Waals surface area contributed by atoms with Crippen LogP contribution in [0.15, 0.2) is 52.1 Å². The van der Waals surface area contributed by atoms with Crippen LogP contribution in [0, 0.1) is 6.92 Å². The van der Waals surface area contributed by atoms with Gasteiger partial charge in [0.15, 0.2) is 5.16 Å². The van der Waals surface area contributed by atoms with Gasteiger partial charge in [0.05, 0.1) is 19.3 Å². The molecule has 2 aromatic rings. The van der Waals surface area contributed by atoms with Crippen LogP contribution in [0.4, 0.5) is 11.6 Å². The van der Waals surface area contributed by atoms with Crippen LogP contribution in [-0.2, 0) is 10.5 Å². The van der Waals surface area contributed by atoms with Crippen LogP contribution < -0.4 is 10.2 Å². The third kappa shape index (κ3) is 5.21. The predicted octanol–water partition coefficient (Wildman–Crippen LogP) is 4.46. The number of aliphatic imine (C=N–C) groups is 1. The minimum atomic E-state index is 0.267. The van der Waals surface area contributed by atoms with Crippen molar-refractivity contribution in [1.29, 1.82) is 0 Å². The van der Waals surface area contributed by atoms with Gasteiger partial charge in [0.2, 0.25) is 0 Å². The minimum Gasteiger partial charge on any atom is -0.378 e. The number of thioether (sulfide) groups is 1. The first-order valence-corrected chi connectivity index (χ1v) is 11.5.